The molecule has 0 aromatic heterocycles. The van der Waals surface area contributed by atoms with Gasteiger partial charge in [-0.05, 0) is 23.6 Å². The van der Waals surface area contributed by atoms with E-state index in [0.717, 1.165) is 6.08 Å². The minimum Gasteiger partial charge on any atom is -0.480 e. The van der Waals surface area contributed by atoms with Crippen molar-refractivity contribution in [1.82, 2.24) is 0 Å². The van der Waals surface area contributed by atoms with Crippen LogP contribution in [0.15, 0.2) is 12.7 Å². The van der Waals surface area contributed by atoms with Gasteiger partial charge in [0.2, 0.25) is 5.24 Å². The average molecular weight is 208 g/mol. The smallest absolute Gasteiger partial charge is 0.320 e. The summed E-state index contributed by atoms with van der Waals surface area (Å²) < 4.78 is 0. The maximum Gasteiger partial charge on any atom is 0.320 e. The molecule has 0 saturated heterocycles. The fraction of sp³-hybridized carbons (Fsp3) is 0.500. The Balaban J connectivity index is 0. The van der Waals surface area contributed by atoms with Gasteiger partial charge in [-0.2, -0.15) is 0 Å². The van der Waals surface area contributed by atoms with Gasteiger partial charge in [-0.25, -0.2) is 0 Å². The summed E-state index contributed by atoms with van der Waals surface area (Å²) >= 11 is 4.71. The van der Waals surface area contributed by atoms with Crippen molar-refractivity contribution in [3.8, 4) is 0 Å². The number of aliphatic carboxylic acids is 1. The van der Waals surface area contributed by atoms with E-state index in [4.69, 9.17) is 22.4 Å². The number of hydrogen-bond donors (Lipinski definition) is 2. The Labute approximate surface area is 82.4 Å². The lowest BCUT2D eigenvalue weighted by Gasteiger charge is -2.07. The molecular weight excluding hydrogens is 194 g/mol. The Hall–Kier alpha value is -0.870. The highest BCUT2D eigenvalue weighted by molar-refractivity contribution is 6.66. The Kier molecular flexibility index (Phi) is 8.74. The molecule has 0 amide bonds. The van der Waals surface area contributed by atoms with Gasteiger partial charge in [0, 0.05) is 0 Å². The Bertz CT molecular complexity index is 192. The molecule has 0 aliphatic carbocycles. The standard InChI is InChI=1S/C5H11NO2.C3H3ClO/c1-3(2)4(6)5(7)8;1-2-3(4)5/h3-4H,6H2,1-2H3,(H,7,8);2H,1H2/t4-;/m0./s1. The van der Waals surface area contributed by atoms with Crippen LogP contribution in [0.25, 0.3) is 0 Å². The minimum atomic E-state index is -0.931. The lowest BCUT2D eigenvalue weighted by molar-refractivity contribution is -0.139. The number of halogens is 1. The van der Waals surface area contributed by atoms with Crippen LogP contribution >= 0.6 is 11.6 Å². The molecule has 0 saturated carbocycles. The maximum atomic E-state index is 10.0. The van der Waals surface area contributed by atoms with Gasteiger partial charge < -0.3 is 10.8 Å². The third-order valence-corrected chi connectivity index (χ3v) is 1.32. The summed E-state index contributed by atoms with van der Waals surface area (Å²) in [7, 11) is 0. The van der Waals surface area contributed by atoms with Crippen molar-refractivity contribution in [3.05, 3.63) is 12.7 Å². The lowest BCUT2D eigenvalue weighted by Crippen LogP contribution is -2.34. The second kappa shape index (κ2) is 7.76. The highest BCUT2D eigenvalue weighted by Crippen LogP contribution is 1.96. The molecular formula is C8H14ClNO3. The Morgan fingerprint density at radius 2 is 1.85 bits per heavy atom. The molecule has 0 radical (unpaired) electrons. The molecule has 76 valence electrons. The highest BCUT2D eigenvalue weighted by atomic mass is 35.5. The molecule has 0 aromatic carbocycles. The van der Waals surface area contributed by atoms with E-state index in [-0.39, 0.29) is 5.92 Å². The van der Waals surface area contributed by atoms with Gasteiger partial charge >= 0.3 is 5.97 Å². The van der Waals surface area contributed by atoms with Crippen LogP contribution in [0.2, 0.25) is 0 Å². The molecule has 13 heavy (non-hydrogen) atoms. The van der Waals surface area contributed by atoms with E-state index < -0.39 is 17.3 Å². The van der Waals surface area contributed by atoms with E-state index in [1.165, 1.54) is 0 Å². The monoisotopic (exact) mass is 207 g/mol. The molecule has 0 rings (SSSR count). The van der Waals surface area contributed by atoms with Crippen LogP contribution < -0.4 is 5.73 Å². The van der Waals surface area contributed by atoms with E-state index in [2.05, 4.69) is 6.58 Å². The number of allylic oxidation sites excluding steroid dienone is 1. The molecule has 0 aromatic rings. The van der Waals surface area contributed by atoms with Gasteiger partial charge in [0.15, 0.2) is 0 Å². The lowest BCUT2D eigenvalue weighted by atomic mass is 10.1. The quantitative estimate of drug-likeness (QED) is 0.534. The summed E-state index contributed by atoms with van der Waals surface area (Å²) in [6, 6.07) is -0.713. The number of carboxylic acids is 1. The van der Waals surface area contributed by atoms with Crippen LogP contribution in [-0.4, -0.2) is 22.4 Å². The first kappa shape index (κ1) is 14.6. The van der Waals surface area contributed by atoms with Crippen LogP contribution in [0.3, 0.4) is 0 Å². The predicted octanol–water partition coefficient (Wildman–Crippen LogP) is 0.992. The summed E-state index contributed by atoms with van der Waals surface area (Å²) in [5.74, 6) is -0.910. The first-order valence-electron chi connectivity index (χ1n) is 3.63. The van der Waals surface area contributed by atoms with Crippen molar-refractivity contribution in [2.45, 2.75) is 19.9 Å². The molecule has 0 aliphatic rings. The van der Waals surface area contributed by atoms with Crippen LogP contribution in [0.5, 0.6) is 0 Å². The zero-order valence-electron chi connectivity index (χ0n) is 7.66. The zero-order valence-corrected chi connectivity index (χ0v) is 8.41. The van der Waals surface area contributed by atoms with E-state index in [1.54, 1.807) is 13.8 Å². The van der Waals surface area contributed by atoms with Gasteiger partial charge in [0.25, 0.3) is 0 Å². The van der Waals surface area contributed by atoms with Crippen LogP contribution in [0, 0.1) is 5.92 Å². The number of nitrogens with two attached hydrogens (primary N) is 1. The first-order chi connectivity index (χ1) is 5.82. The van der Waals surface area contributed by atoms with Gasteiger partial charge in [-0.1, -0.05) is 20.4 Å². The van der Waals surface area contributed by atoms with Crippen molar-refractivity contribution >= 4 is 22.8 Å². The third kappa shape index (κ3) is 11.1. The van der Waals surface area contributed by atoms with E-state index >= 15 is 0 Å². The molecule has 0 bridgehead atoms. The van der Waals surface area contributed by atoms with Gasteiger partial charge in [-0.3, -0.25) is 9.59 Å². The van der Waals surface area contributed by atoms with Crippen molar-refractivity contribution in [2.75, 3.05) is 0 Å². The van der Waals surface area contributed by atoms with Crippen molar-refractivity contribution < 1.29 is 14.7 Å². The van der Waals surface area contributed by atoms with E-state index in [0.29, 0.717) is 0 Å². The van der Waals surface area contributed by atoms with Crippen LogP contribution in [0.4, 0.5) is 0 Å². The van der Waals surface area contributed by atoms with Gasteiger partial charge in [0.1, 0.15) is 6.04 Å². The number of rotatable bonds is 3. The SMILES string of the molecule is C=CC(=O)Cl.CC(C)[C@H](N)C(=O)O. The largest absolute Gasteiger partial charge is 0.480 e. The van der Waals surface area contributed by atoms with Crippen molar-refractivity contribution in [3.63, 3.8) is 0 Å². The molecule has 0 fully saturated rings. The summed E-state index contributed by atoms with van der Waals surface area (Å²) in [5, 5.41) is 7.72. The molecule has 4 nitrogen and oxygen atoms in total. The second-order valence-electron chi connectivity index (χ2n) is 2.62. The molecule has 5 heteroatoms. The molecule has 3 N–H and O–H groups in total. The second-order valence-corrected chi connectivity index (χ2v) is 2.99. The fourth-order valence-corrected chi connectivity index (χ4v) is 0.285. The maximum absolute atomic E-state index is 10.0. The number of hydrogen-bond acceptors (Lipinski definition) is 3. The van der Waals surface area contributed by atoms with E-state index in [1.807, 2.05) is 0 Å². The number of carbonyl (C=O) groups is 2. The summed E-state index contributed by atoms with van der Waals surface area (Å²) in [6.07, 6.45) is 1.04. The number of carboxylic acid groups (broad SMARTS) is 1. The Morgan fingerprint density at radius 1 is 1.54 bits per heavy atom. The number of carbonyl (C=O) groups excluding carboxylic acids is 1. The van der Waals surface area contributed by atoms with Crippen molar-refractivity contribution in [2.24, 2.45) is 11.7 Å². The molecule has 0 unspecified atom stereocenters. The average Bonchev–Trinajstić information content (AvgIpc) is 2.03. The van der Waals surface area contributed by atoms with Crippen LogP contribution in [0.1, 0.15) is 13.8 Å². The summed E-state index contributed by atoms with van der Waals surface area (Å²) in [4.78, 5) is 19.5. The fourth-order valence-electron chi connectivity index (χ4n) is 0.285. The first-order valence-corrected chi connectivity index (χ1v) is 4.01. The van der Waals surface area contributed by atoms with Crippen LogP contribution in [-0.2, 0) is 9.59 Å². The van der Waals surface area contributed by atoms with Crippen molar-refractivity contribution in [1.29, 1.82) is 0 Å². The van der Waals surface area contributed by atoms with Gasteiger partial charge in [0.05, 0.1) is 0 Å². The highest BCUT2D eigenvalue weighted by Gasteiger charge is 2.14. The topological polar surface area (TPSA) is 80.4 Å². The minimum absolute atomic E-state index is 0.0208. The van der Waals surface area contributed by atoms with E-state index in [9.17, 15) is 9.59 Å². The third-order valence-electron chi connectivity index (χ3n) is 1.16. The van der Waals surface area contributed by atoms with Gasteiger partial charge in [-0.15, -0.1) is 0 Å². The predicted molar refractivity (Wildman–Crippen MR) is 51.5 cm³/mol. The normalized spacial score (nSPS) is 11.2. The summed E-state index contributed by atoms with van der Waals surface area (Å²) in [6.45, 7) is 6.63. The molecule has 0 heterocycles. The molecule has 1 atom stereocenters. The molecule has 0 spiro atoms. The molecule has 0 aliphatic heterocycles. The Morgan fingerprint density at radius 3 is 1.85 bits per heavy atom. The summed E-state index contributed by atoms with van der Waals surface area (Å²) in [5.41, 5.74) is 5.16. The zero-order chi connectivity index (χ0) is 11.0.